The number of hydrogen-bond donors (Lipinski definition) is 2. The molecular weight excluding hydrogens is 250 g/mol. The van der Waals surface area contributed by atoms with Crippen LogP contribution in [0.15, 0.2) is 28.7 Å². The lowest BCUT2D eigenvalue weighted by molar-refractivity contribution is 0.248. The summed E-state index contributed by atoms with van der Waals surface area (Å²) in [4.78, 5) is 0. The van der Waals surface area contributed by atoms with E-state index in [1.54, 1.807) is 0 Å². The number of aliphatic hydroxyl groups is 1. The molecule has 0 saturated heterocycles. The number of para-hydroxylation sites is 1. The maximum absolute atomic E-state index is 9.09. The summed E-state index contributed by atoms with van der Waals surface area (Å²) in [6.45, 7) is 6.27. The molecule has 0 bridgehead atoms. The number of aryl methyl sites for hydroxylation is 1. The van der Waals surface area contributed by atoms with Gasteiger partial charge >= 0.3 is 0 Å². The average Bonchev–Trinajstić information content (AvgIpc) is 2.76. The molecular formula is C17H25NO2. The van der Waals surface area contributed by atoms with Gasteiger partial charge in [-0.15, -0.1) is 0 Å². The first-order valence-electron chi connectivity index (χ1n) is 7.54. The minimum atomic E-state index is 0.278. The summed E-state index contributed by atoms with van der Waals surface area (Å²) in [7, 11) is 0. The van der Waals surface area contributed by atoms with E-state index in [1.807, 2.05) is 25.1 Å². The summed E-state index contributed by atoms with van der Waals surface area (Å²) >= 11 is 0. The van der Waals surface area contributed by atoms with Crippen molar-refractivity contribution in [2.75, 3.05) is 13.2 Å². The lowest BCUT2D eigenvalue weighted by Gasteiger charge is -2.15. The van der Waals surface area contributed by atoms with Gasteiger partial charge in [0.25, 0.3) is 0 Å². The van der Waals surface area contributed by atoms with Gasteiger partial charge in [-0.1, -0.05) is 31.5 Å². The van der Waals surface area contributed by atoms with Crippen molar-refractivity contribution >= 4 is 11.0 Å². The van der Waals surface area contributed by atoms with Crippen LogP contribution in [0.2, 0.25) is 0 Å². The largest absolute Gasteiger partial charge is 0.461 e. The molecule has 2 N–H and O–H groups in total. The number of benzene rings is 1. The molecule has 0 saturated carbocycles. The van der Waals surface area contributed by atoms with E-state index in [0.29, 0.717) is 5.92 Å². The van der Waals surface area contributed by atoms with Crippen LogP contribution in [-0.2, 0) is 6.54 Å². The van der Waals surface area contributed by atoms with E-state index in [2.05, 4.69) is 18.3 Å². The standard InChI is InChI=1S/C17H25NO2/c1-3-6-14(9-10-19)11-18-12-16-13(2)20-17-8-5-4-7-15(16)17/h4-5,7-8,14,18-19H,3,6,9-12H2,1-2H3. The lowest BCUT2D eigenvalue weighted by Crippen LogP contribution is -2.23. The van der Waals surface area contributed by atoms with Gasteiger partial charge in [-0.2, -0.15) is 0 Å². The van der Waals surface area contributed by atoms with Crippen molar-refractivity contribution in [2.24, 2.45) is 5.92 Å². The molecule has 1 aromatic heterocycles. The highest BCUT2D eigenvalue weighted by Gasteiger charge is 2.11. The van der Waals surface area contributed by atoms with Crippen LogP contribution in [0.5, 0.6) is 0 Å². The van der Waals surface area contributed by atoms with Gasteiger partial charge in [-0.05, 0) is 38.3 Å². The molecule has 0 aliphatic carbocycles. The SMILES string of the molecule is CCCC(CCO)CNCc1c(C)oc2ccccc12. The van der Waals surface area contributed by atoms with Gasteiger partial charge < -0.3 is 14.8 Å². The van der Waals surface area contributed by atoms with Crippen LogP contribution in [0.1, 0.15) is 37.5 Å². The minimum absolute atomic E-state index is 0.278. The quantitative estimate of drug-likeness (QED) is 0.773. The van der Waals surface area contributed by atoms with Crippen LogP contribution in [-0.4, -0.2) is 18.3 Å². The highest BCUT2D eigenvalue weighted by Crippen LogP contribution is 2.25. The Morgan fingerprint density at radius 1 is 1.25 bits per heavy atom. The number of aliphatic hydroxyl groups excluding tert-OH is 1. The van der Waals surface area contributed by atoms with Gasteiger partial charge in [0.1, 0.15) is 11.3 Å². The summed E-state index contributed by atoms with van der Waals surface area (Å²) in [5, 5.41) is 13.8. The molecule has 0 fully saturated rings. The topological polar surface area (TPSA) is 45.4 Å². The molecule has 3 heteroatoms. The zero-order valence-corrected chi connectivity index (χ0v) is 12.5. The lowest BCUT2D eigenvalue weighted by atomic mass is 10.00. The van der Waals surface area contributed by atoms with E-state index < -0.39 is 0 Å². The molecule has 20 heavy (non-hydrogen) atoms. The monoisotopic (exact) mass is 275 g/mol. The van der Waals surface area contributed by atoms with Crippen LogP contribution in [0.3, 0.4) is 0 Å². The first kappa shape index (κ1) is 15.1. The van der Waals surface area contributed by atoms with Crippen molar-refractivity contribution in [1.82, 2.24) is 5.32 Å². The summed E-state index contributed by atoms with van der Waals surface area (Å²) in [6, 6.07) is 8.17. The Balaban J connectivity index is 1.97. The van der Waals surface area contributed by atoms with Crippen LogP contribution in [0, 0.1) is 12.8 Å². The molecule has 3 nitrogen and oxygen atoms in total. The molecule has 1 atom stereocenters. The third-order valence-electron chi connectivity index (χ3n) is 3.87. The van der Waals surface area contributed by atoms with Gasteiger partial charge in [0.2, 0.25) is 0 Å². The molecule has 0 aliphatic rings. The van der Waals surface area contributed by atoms with E-state index in [0.717, 1.165) is 30.9 Å². The molecule has 0 amide bonds. The third-order valence-corrected chi connectivity index (χ3v) is 3.87. The average molecular weight is 275 g/mol. The highest BCUT2D eigenvalue weighted by molar-refractivity contribution is 5.82. The van der Waals surface area contributed by atoms with Gasteiger partial charge in [-0.25, -0.2) is 0 Å². The Labute approximate surface area is 121 Å². The van der Waals surface area contributed by atoms with Crippen molar-refractivity contribution in [2.45, 2.75) is 39.7 Å². The zero-order chi connectivity index (χ0) is 14.4. The van der Waals surface area contributed by atoms with Crippen molar-refractivity contribution in [3.05, 3.63) is 35.6 Å². The van der Waals surface area contributed by atoms with Gasteiger partial charge in [0.15, 0.2) is 0 Å². The summed E-state index contributed by atoms with van der Waals surface area (Å²) < 4.78 is 5.77. The normalized spacial score (nSPS) is 12.9. The predicted molar refractivity (Wildman–Crippen MR) is 82.8 cm³/mol. The first-order valence-corrected chi connectivity index (χ1v) is 7.54. The summed E-state index contributed by atoms with van der Waals surface area (Å²) in [6.07, 6.45) is 3.21. The Morgan fingerprint density at radius 3 is 2.80 bits per heavy atom. The van der Waals surface area contributed by atoms with Crippen molar-refractivity contribution in [1.29, 1.82) is 0 Å². The number of fused-ring (bicyclic) bond motifs is 1. The molecule has 2 aromatic rings. The number of hydrogen-bond acceptors (Lipinski definition) is 3. The summed E-state index contributed by atoms with van der Waals surface area (Å²) in [5.41, 5.74) is 2.21. The fraction of sp³-hybridized carbons (Fsp3) is 0.529. The van der Waals surface area contributed by atoms with E-state index in [-0.39, 0.29) is 6.61 Å². The maximum atomic E-state index is 9.09. The smallest absolute Gasteiger partial charge is 0.134 e. The van der Waals surface area contributed by atoms with E-state index in [4.69, 9.17) is 9.52 Å². The Kier molecular flexibility index (Phi) is 5.62. The molecule has 1 unspecified atom stereocenters. The molecule has 0 aliphatic heterocycles. The van der Waals surface area contributed by atoms with Crippen molar-refractivity contribution < 1.29 is 9.52 Å². The fourth-order valence-electron chi connectivity index (χ4n) is 2.78. The second-order valence-electron chi connectivity index (χ2n) is 5.43. The van der Waals surface area contributed by atoms with Crippen molar-refractivity contribution in [3.8, 4) is 0 Å². The Morgan fingerprint density at radius 2 is 2.05 bits per heavy atom. The molecule has 1 aromatic carbocycles. The molecule has 2 rings (SSSR count). The van der Waals surface area contributed by atoms with Crippen LogP contribution < -0.4 is 5.32 Å². The number of furan rings is 1. The van der Waals surface area contributed by atoms with Crippen LogP contribution in [0.25, 0.3) is 11.0 Å². The Bertz CT molecular complexity index is 527. The summed E-state index contributed by atoms with van der Waals surface area (Å²) in [5.74, 6) is 1.55. The van der Waals surface area contributed by atoms with Gasteiger partial charge in [0.05, 0.1) is 0 Å². The number of nitrogens with one attached hydrogen (secondary N) is 1. The zero-order valence-electron chi connectivity index (χ0n) is 12.5. The Hall–Kier alpha value is -1.32. The molecule has 1 heterocycles. The van der Waals surface area contributed by atoms with Crippen LogP contribution >= 0.6 is 0 Å². The van der Waals surface area contributed by atoms with Crippen molar-refractivity contribution in [3.63, 3.8) is 0 Å². The molecule has 110 valence electrons. The minimum Gasteiger partial charge on any atom is -0.461 e. The molecule has 0 radical (unpaired) electrons. The van der Waals surface area contributed by atoms with Gasteiger partial charge in [0, 0.05) is 24.1 Å². The van der Waals surface area contributed by atoms with Gasteiger partial charge in [-0.3, -0.25) is 0 Å². The first-order chi connectivity index (χ1) is 9.76. The second-order valence-corrected chi connectivity index (χ2v) is 5.43. The highest BCUT2D eigenvalue weighted by atomic mass is 16.3. The van der Waals surface area contributed by atoms with Crippen LogP contribution in [0.4, 0.5) is 0 Å². The molecule has 0 spiro atoms. The second kappa shape index (κ2) is 7.46. The predicted octanol–water partition coefficient (Wildman–Crippen LogP) is 3.63. The van der Waals surface area contributed by atoms with E-state index >= 15 is 0 Å². The number of rotatable bonds is 8. The van der Waals surface area contributed by atoms with E-state index in [9.17, 15) is 0 Å². The van der Waals surface area contributed by atoms with E-state index in [1.165, 1.54) is 23.8 Å². The fourth-order valence-corrected chi connectivity index (χ4v) is 2.78. The maximum Gasteiger partial charge on any atom is 0.134 e. The third kappa shape index (κ3) is 3.62.